The summed E-state index contributed by atoms with van der Waals surface area (Å²) in [6.45, 7) is 3.40. The lowest BCUT2D eigenvalue weighted by Crippen LogP contribution is -2.35. The smallest absolute Gasteiger partial charge is 0.270 e. The van der Waals surface area contributed by atoms with E-state index in [9.17, 15) is 13.6 Å². The highest BCUT2D eigenvalue weighted by Crippen LogP contribution is 2.30. The third-order valence-corrected chi connectivity index (χ3v) is 6.54. The Morgan fingerprint density at radius 2 is 2.24 bits per heavy atom. The molecule has 2 aliphatic heterocycles. The Morgan fingerprint density at radius 1 is 1.38 bits per heavy atom. The highest BCUT2D eigenvalue weighted by molar-refractivity contribution is 7.15. The molecule has 4 heterocycles. The number of halogens is 2. The summed E-state index contributed by atoms with van der Waals surface area (Å²) in [7, 11) is 0. The van der Waals surface area contributed by atoms with Crippen LogP contribution >= 0.6 is 11.3 Å². The van der Waals surface area contributed by atoms with Gasteiger partial charge in [0.15, 0.2) is 5.13 Å². The molecule has 1 unspecified atom stereocenters. The fraction of sp³-hybridized carbons (Fsp3) is 0.400. The van der Waals surface area contributed by atoms with Crippen LogP contribution in [0.5, 0.6) is 0 Å². The number of amides is 1. The maximum absolute atomic E-state index is 13.9. The van der Waals surface area contributed by atoms with E-state index in [1.165, 1.54) is 6.07 Å². The molecule has 1 atom stereocenters. The lowest BCUT2D eigenvalue weighted by Gasteiger charge is -2.25. The summed E-state index contributed by atoms with van der Waals surface area (Å²) >= 11 is 1.56. The quantitative estimate of drug-likeness (QED) is 0.680. The van der Waals surface area contributed by atoms with Gasteiger partial charge in [-0.15, -0.1) is 0 Å². The van der Waals surface area contributed by atoms with Crippen LogP contribution in [-0.2, 0) is 17.7 Å². The Labute approximate surface area is 169 Å². The van der Waals surface area contributed by atoms with E-state index in [1.54, 1.807) is 16.2 Å². The molecule has 0 radical (unpaired) electrons. The van der Waals surface area contributed by atoms with Crippen LogP contribution in [0.3, 0.4) is 0 Å². The fourth-order valence-electron chi connectivity index (χ4n) is 3.86. The van der Waals surface area contributed by atoms with Gasteiger partial charge in [-0.2, -0.15) is 0 Å². The van der Waals surface area contributed by atoms with Gasteiger partial charge in [-0.05, 0) is 24.6 Å². The molecule has 5 rings (SSSR count). The standard InChI is InChI=1S/C20H20F2N4O2S/c21-13-1-2-14(22)18-12(13)7-16(24-18)19(27)26-5-3-15-17(9-26)29-20(25-15)23-8-11-4-6-28-10-11/h1-2,7,11,24H,3-6,8-10H2,(H,23,25). The third kappa shape index (κ3) is 3.49. The number of anilines is 1. The normalized spacial score (nSPS) is 19.0. The number of H-pyrrole nitrogens is 1. The van der Waals surface area contributed by atoms with Gasteiger partial charge < -0.3 is 19.9 Å². The van der Waals surface area contributed by atoms with Crippen molar-refractivity contribution in [3.8, 4) is 0 Å². The van der Waals surface area contributed by atoms with Crippen LogP contribution in [0.1, 0.15) is 27.5 Å². The van der Waals surface area contributed by atoms with Gasteiger partial charge in [0.25, 0.3) is 5.91 Å². The monoisotopic (exact) mass is 418 g/mol. The molecule has 2 N–H and O–H groups in total. The van der Waals surface area contributed by atoms with Crippen molar-refractivity contribution in [1.82, 2.24) is 14.9 Å². The van der Waals surface area contributed by atoms with E-state index in [4.69, 9.17) is 4.74 Å². The van der Waals surface area contributed by atoms with E-state index in [0.29, 0.717) is 25.4 Å². The number of ether oxygens (including phenoxy) is 1. The van der Waals surface area contributed by atoms with Crippen LogP contribution in [0.15, 0.2) is 18.2 Å². The number of carbonyl (C=O) groups is 1. The molecule has 1 aromatic carbocycles. The molecule has 6 nitrogen and oxygen atoms in total. The van der Waals surface area contributed by atoms with Crippen LogP contribution in [0.2, 0.25) is 0 Å². The zero-order valence-corrected chi connectivity index (χ0v) is 16.5. The molecule has 9 heteroatoms. The SMILES string of the molecule is O=C(c1cc2c(F)ccc(F)c2[nH]1)N1CCc2nc(NCC3CCOC3)sc2C1. The number of hydrogen-bond acceptors (Lipinski definition) is 5. The number of benzene rings is 1. The second kappa shape index (κ2) is 7.38. The summed E-state index contributed by atoms with van der Waals surface area (Å²) in [6.07, 6.45) is 1.72. The lowest BCUT2D eigenvalue weighted by molar-refractivity contribution is 0.0731. The van der Waals surface area contributed by atoms with E-state index in [0.717, 1.165) is 54.0 Å². The molecule has 1 amide bonds. The minimum Gasteiger partial charge on any atom is -0.381 e. The highest BCUT2D eigenvalue weighted by Gasteiger charge is 2.27. The first-order valence-electron chi connectivity index (χ1n) is 9.64. The first kappa shape index (κ1) is 18.5. The summed E-state index contributed by atoms with van der Waals surface area (Å²) in [6, 6.07) is 3.50. The van der Waals surface area contributed by atoms with Crippen molar-refractivity contribution in [1.29, 1.82) is 0 Å². The first-order chi connectivity index (χ1) is 14.1. The average Bonchev–Trinajstić information content (AvgIpc) is 3.47. The predicted molar refractivity (Wildman–Crippen MR) is 106 cm³/mol. The zero-order chi connectivity index (χ0) is 20.0. The number of rotatable bonds is 4. The number of carbonyl (C=O) groups excluding carboxylic acids is 1. The average molecular weight is 418 g/mol. The molecule has 0 saturated carbocycles. The molecule has 1 fully saturated rings. The lowest BCUT2D eigenvalue weighted by atomic mass is 10.1. The summed E-state index contributed by atoms with van der Waals surface area (Å²) in [5, 5.41) is 4.34. The second-order valence-corrected chi connectivity index (χ2v) is 8.56. The van der Waals surface area contributed by atoms with Crippen molar-refractivity contribution in [2.24, 2.45) is 5.92 Å². The van der Waals surface area contributed by atoms with Crippen LogP contribution in [0.25, 0.3) is 10.9 Å². The number of aromatic nitrogens is 2. The maximum atomic E-state index is 13.9. The van der Waals surface area contributed by atoms with Gasteiger partial charge in [0, 0.05) is 42.3 Å². The van der Waals surface area contributed by atoms with Gasteiger partial charge in [-0.25, -0.2) is 13.8 Å². The molecular weight excluding hydrogens is 398 g/mol. The van der Waals surface area contributed by atoms with Gasteiger partial charge >= 0.3 is 0 Å². The largest absolute Gasteiger partial charge is 0.381 e. The van der Waals surface area contributed by atoms with E-state index in [1.807, 2.05) is 0 Å². The van der Waals surface area contributed by atoms with Crippen molar-refractivity contribution in [2.75, 3.05) is 31.6 Å². The fourth-order valence-corrected chi connectivity index (χ4v) is 4.89. The predicted octanol–water partition coefficient (Wildman–Crippen LogP) is 3.55. The molecule has 152 valence electrons. The molecule has 2 aromatic heterocycles. The Kier molecular flexibility index (Phi) is 4.71. The van der Waals surface area contributed by atoms with Crippen LogP contribution in [0, 0.1) is 17.6 Å². The molecule has 0 spiro atoms. The molecule has 0 bridgehead atoms. The minimum atomic E-state index is -0.577. The van der Waals surface area contributed by atoms with Crippen molar-refractivity contribution in [3.63, 3.8) is 0 Å². The van der Waals surface area contributed by atoms with E-state index >= 15 is 0 Å². The Balaban J connectivity index is 1.30. The molecular formula is C20H20F2N4O2S. The number of hydrogen-bond donors (Lipinski definition) is 2. The van der Waals surface area contributed by atoms with E-state index in [2.05, 4.69) is 15.3 Å². The van der Waals surface area contributed by atoms with Crippen molar-refractivity contribution in [2.45, 2.75) is 19.4 Å². The number of nitrogens with zero attached hydrogens (tertiary/aromatic N) is 2. The number of aromatic amines is 1. The van der Waals surface area contributed by atoms with E-state index < -0.39 is 11.6 Å². The van der Waals surface area contributed by atoms with Gasteiger partial charge in [0.2, 0.25) is 0 Å². The highest BCUT2D eigenvalue weighted by atomic mass is 32.1. The zero-order valence-electron chi connectivity index (χ0n) is 15.6. The van der Waals surface area contributed by atoms with Crippen LogP contribution in [0.4, 0.5) is 13.9 Å². The van der Waals surface area contributed by atoms with E-state index in [-0.39, 0.29) is 22.5 Å². The Bertz CT molecular complexity index is 1040. The topological polar surface area (TPSA) is 70.2 Å². The number of nitrogens with one attached hydrogen (secondary N) is 2. The van der Waals surface area contributed by atoms with Gasteiger partial charge in [-0.1, -0.05) is 11.3 Å². The third-order valence-electron chi connectivity index (χ3n) is 5.50. The summed E-state index contributed by atoms with van der Waals surface area (Å²) in [4.78, 5) is 23.0. The van der Waals surface area contributed by atoms with Gasteiger partial charge in [0.05, 0.1) is 24.4 Å². The van der Waals surface area contributed by atoms with Gasteiger partial charge in [0.1, 0.15) is 17.3 Å². The molecule has 3 aromatic rings. The van der Waals surface area contributed by atoms with Crippen molar-refractivity contribution < 1.29 is 18.3 Å². The molecule has 2 aliphatic rings. The summed E-state index contributed by atoms with van der Waals surface area (Å²) in [5.74, 6) is -0.885. The Morgan fingerprint density at radius 3 is 3.03 bits per heavy atom. The molecule has 1 saturated heterocycles. The maximum Gasteiger partial charge on any atom is 0.270 e. The first-order valence-corrected chi connectivity index (χ1v) is 10.5. The van der Waals surface area contributed by atoms with Gasteiger partial charge in [-0.3, -0.25) is 4.79 Å². The van der Waals surface area contributed by atoms with Crippen molar-refractivity contribution >= 4 is 33.3 Å². The Hall–Kier alpha value is -2.52. The summed E-state index contributed by atoms with van der Waals surface area (Å²) in [5.41, 5.74) is 1.22. The molecule has 29 heavy (non-hydrogen) atoms. The summed E-state index contributed by atoms with van der Waals surface area (Å²) < 4.78 is 33.3. The molecule has 0 aliphatic carbocycles. The second-order valence-electron chi connectivity index (χ2n) is 7.48. The van der Waals surface area contributed by atoms with Crippen molar-refractivity contribution in [3.05, 3.63) is 46.1 Å². The number of fused-ring (bicyclic) bond motifs is 2. The minimum absolute atomic E-state index is 0.0196. The van der Waals surface area contributed by atoms with Crippen LogP contribution in [-0.4, -0.2) is 47.1 Å². The number of thiazole rings is 1. The van der Waals surface area contributed by atoms with Crippen LogP contribution < -0.4 is 5.32 Å².